The smallest absolute Gasteiger partial charge is 0.280 e. The van der Waals surface area contributed by atoms with E-state index in [2.05, 4.69) is 10.1 Å². The van der Waals surface area contributed by atoms with Crippen molar-refractivity contribution in [3.63, 3.8) is 0 Å². The molecule has 5 nitrogen and oxygen atoms in total. The molecular weight excluding hydrogens is 393 g/mol. The van der Waals surface area contributed by atoms with E-state index >= 15 is 0 Å². The summed E-state index contributed by atoms with van der Waals surface area (Å²) >= 11 is 0. The van der Waals surface area contributed by atoms with Gasteiger partial charge in [0.25, 0.3) is 12.3 Å². The molecule has 1 aliphatic carbocycles. The number of hydrogen-bond acceptors (Lipinski definition) is 3. The zero-order chi connectivity index (χ0) is 20.8. The van der Waals surface area contributed by atoms with E-state index in [9.17, 15) is 18.0 Å². The van der Waals surface area contributed by atoms with Gasteiger partial charge in [0, 0.05) is 30.6 Å². The van der Waals surface area contributed by atoms with Crippen molar-refractivity contribution in [2.24, 2.45) is 0 Å². The summed E-state index contributed by atoms with van der Waals surface area (Å²) in [4.78, 5) is 18.8. The van der Waals surface area contributed by atoms with Crippen LogP contribution in [0.15, 0.2) is 36.5 Å². The van der Waals surface area contributed by atoms with Crippen LogP contribution in [0.25, 0.3) is 5.65 Å². The van der Waals surface area contributed by atoms with Crippen LogP contribution in [0.1, 0.15) is 71.3 Å². The molecule has 0 unspecified atom stereocenters. The number of carbonyl (C=O) groups excluding carboxylic acids is 1. The second-order valence-electron chi connectivity index (χ2n) is 8.11. The van der Waals surface area contributed by atoms with Crippen molar-refractivity contribution in [2.45, 2.75) is 43.9 Å². The minimum absolute atomic E-state index is 0.131. The van der Waals surface area contributed by atoms with E-state index in [4.69, 9.17) is 0 Å². The zero-order valence-electron chi connectivity index (χ0n) is 16.3. The topological polar surface area (TPSA) is 50.5 Å². The molecule has 2 fully saturated rings. The monoisotopic (exact) mass is 414 g/mol. The fraction of sp³-hybridized carbons (Fsp3) is 0.409. The number of carbonyl (C=O) groups is 1. The SMILES string of the molecule is O=C(c1ccc(F)c(C2CC2)c1)N1CCC[C@H](c2cc(C(F)F)nc3ccnn23)C1. The summed E-state index contributed by atoms with van der Waals surface area (Å²) in [6, 6.07) is 7.56. The predicted octanol–water partition coefficient (Wildman–Crippen LogP) is 4.70. The maximum absolute atomic E-state index is 14.1. The lowest BCUT2D eigenvalue weighted by Gasteiger charge is -2.33. The lowest BCUT2D eigenvalue weighted by Crippen LogP contribution is -2.39. The molecule has 0 N–H and O–H groups in total. The molecule has 156 valence electrons. The number of hydrogen-bond donors (Lipinski definition) is 0. The third-order valence-electron chi connectivity index (χ3n) is 6.02. The van der Waals surface area contributed by atoms with Crippen LogP contribution in [0.2, 0.25) is 0 Å². The van der Waals surface area contributed by atoms with Crippen LogP contribution in [-0.4, -0.2) is 38.5 Å². The van der Waals surface area contributed by atoms with Crippen LogP contribution in [0.3, 0.4) is 0 Å². The fourth-order valence-electron chi connectivity index (χ4n) is 4.33. The Balaban J connectivity index is 1.43. The first kappa shape index (κ1) is 19.1. The zero-order valence-corrected chi connectivity index (χ0v) is 16.3. The number of nitrogens with zero attached hydrogens (tertiary/aromatic N) is 4. The van der Waals surface area contributed by atoms with Crippen LogP contribution in [-0.2, 0) is 0 Å². The van der Waals surface area contributed by atoms with Crippen molar-refractivity contribution < 1.29 is 18.0 Å². The average Bonchev–Trinajstić information content (AvgIpc) is 3.49. The molecule has 0 radical (unpaired) electrons. The second kappa shape index (κ2) is 7.41. The van der Waals surface area contributed by atoms with Gasteiger partial charge in [-0.1, -0.05) is 0 Å². The fourth-order valence-corrected chi connectivity index (χ4v) is 4.33. The van der Waals surface area contributed by atoms with Gasteiger partial charge >= 0.3 is 0 Å². The van der Waals surface area contributed by atoms with E-state index in [-0.39, 0.29) is 29.3 Å². The molecule has 1 aromatic carbocycles. The highest BCUT2D eigenvalue weighted by Crippen LogP contribution is 2.41. The molecule has 1 saturated heterocycles. The van der Waals surface area contributed by atoms with E-state index < -0.39 is 6.43 Å². The number of halogens is 3. The summed E-state index contributed by atoms with van der Waals surface area (Å²) in [5.41, 5.74) is 1.82. The number of benzene rings is 1. The Labute approximate surface area is 171 Å². The first-order valence-electron chi connectivity index (χ1n) is 10.2. The highest BCUT2D eigenvalue weighted by atomic mass is 19.3. The summed E-state index contributed by atoms with van der Waals surface area (Å²) in [6.07, 6.45) is 2.28. The maximum Gasteiger partial charge on any atom is 0.280 e. The van der Waals surface area contributed by atoms with Gasteiger partial charge in [-0.25, -0.2) is 22.7 Å². The van der Waals surface area contributed by atoms with Gasteiger partial charge in [-0.3, -0.25) is 4.79 Å². The van der Waals surface area contributed by atoms with E-state index in [0.717, 1.165) is 25.7 Å². The summed E-state index contributed by atoms with van der Waals surface area (Å²) in [5, 5.41) is 4.23. The van der Waals surface area contributed by atoms with E-state index in [1.807, 2.05) is 0 Å². The van der Waals surface area contributed by atoms with Gasteiger partial charge in [0.2, 0.25) is 0 Å². The van der Waals surface area contributed by atoms with Crippen LogP contribution in [0, 0.1) is 5.82 Å². The number of rotatable bonds is 4. The normalized spacial score (nSPS) is 19.6. The Morgan fingerprint density at radius 2 is 1.93 bits per heavy atom. The summed E-state index contributed by atoms with van der Waals surface area (Å²) < 4.78 is 42.3. The van der Waals surface area contributed by atoms with Crippen LogP contribution < -0.4 is 0 Å². The van der Waals surface area contributed by atoms with E-state index in [1.165, 1.54) is 24.4 Å². The third-order valence-corrected chi connectivity index (χ3v) is 6.02. The second-order valence-corrected chi connectivity index (χ2v) is 8.11. The van der Waals surface area contributed by atoms with Gasteiger partial charge in [-0.05, 0) is 61.4 Å². The Morgan fingerprint density at radius 3 is 2.70 bits per heavy atom. The molecule has 1 amide bonds. The molecule has 30 heavy (non-hydrogen) atoms. The number of fused-ring (bicyclic) bond motifs is 1. The molecule has 1 saturated carbocycles. The number of piperidine rings is 1. The molecular formula is C22H21F3N4O. The van der Waals surface area contributed by atoms with Crippen LogP contribution >= 0.6 is 0 Å². The van der Waals surface area contributed by atoms with Crippen molar-refractivity contribution in [1.29, 1.82) is 0 Å². The quantitative estimate of drug-likeness (QED) is 0.622. The van der Waals surface area contributed by atoms with E-state index in [0.29, 0.717) is 35.6 Å². The highest BCUT2D eigenvalue weighted by molar-refractivity contribution is 5.94. The summed E-state index contributed by atoms with van der Waals surface area (Å²) in [5.74, 6) is -0.331. The Bertz CT molecular complexity index is 1110. The molecule has 0 bridgehead atoms. The summed E-state index contributed by atoms with van der Waals surface area (Å²) in [7, 11) is 0. The molecule has 2 aromatic heterocycles. The minimum Gasteiger partial charge on any atom is -0.338 e. The molecule has 8 heteroatoms. The third kappa shape index (κ3) is 3.44. The number of aromatic nitrogens is 3. The lowest BCUT2D eigenvalue weighted by molar-refractivity contribution is 0.0704. The molecule has 3 heterocycles. The van der Waals surface area contributed by atoms with Gasteiger partial charge in [0.05, 0.1) is 11.9 Å². The largest absolute Gasteiger partial charge is 0.338 e. The van der Waals surface area contributed by atoms with E-state index in [1.54, 1.807) is 21.5 Å². The molecule has 3 aromatic rings. The molecule has 2 aliphatic rings. The number of likely N-dealkylation sites (tertiary alicyclic amines) is 1. The maximum atomic E-state index is 14.1. The first-order valence-corrected chi connectivity index (χ1v) is 10.2. The van der Waals surface area contributed by atoms with Crippen molar-refractivity contribution >= 4 is 11.6 Å². The Kier molecular flexibility index (Phi) is 4.72. The van der Waals surface area contributed by atoms with Crippen molar-refractivity contribution in [2.75, 3.05) is 13.1 Å². The van der Waals surface area contributed by atoms with Gasteiger partial charge < -0.3 is 4.90 Å². The van der Waals surface area contributed by atoms with Crippen molar-refractivity contribution in [1.82, 2.24) is 19.5 Å². The van der Waals surface area contributed by atoms with Crippen molar-refractivity contribution in [3.8, 4) is 0 Å². The molecule has 1 aliphatic heterocycles. The first-order chi connectivity index (χ1) is 14.5. The standard InChI is InChI=1S/C22H21F3N4O/c23-17-6-5-14(10-16(17)13-3-4-13)22(30)28-9-1-2-15(12-28)19-11-18(21(24)25)27-20-7-8-26-29(19)20/h5-8,10-11,13,15,21H,1-4,9,12H2/t15-/m0/s1. The number of amides is 1. The van der Waals surface area contributed by atoms with Crippen molar-refractivity contribution in [3.05, 3.63) is 64.9 Å². The highest BCUT2D eigenvalue weighted by Gasteiger charge is 2.31. The lowest BCUT2D eigenvalue weighted by atomic mass is 9.93. The van der Waals surface area contributed by atoms with Crippen LogP contribution in [0.5, 0.6) is 0 Å². The minimum atomic E-state index is -2.68. The average molecular weight is 414 g/mol. The summed E-state index contributed by atoms with van der Waals surface area (Å²) in [6.45, 7) is 0.983. The molecule has 1 atom stereocenters. The van der Waals surface area contributed by atoms with Crippen LogP contribution in [0.4, 0.5) is 13.2 Å². The van der Waals surface area contributed by atoms with Gasteiger partial charge in [-0.15, -0.1) is 0 Å². The van der Waals surface area contributed by atoms with Gasteiger partial charge in [0.1, 0.15) is 11.5 Å². The Hall–Kier alpha value is -2.90. The predicted molar refractivity (Wildman–Crippen MR) is 104 cm³/mol. The van der Waals surface area contributed by atoms with Gasteiger partial charge in [-0.2, -0.15) is 5.10 Å². The van der Waals surface area contributed by atoms with Gasteiger partial charge in [0.15, 0.2) is 5.65 Å². The number of alkyl halides is 2. The molecule has 0 spiro atoms. The molecule has 5 rings (SSSR count). The Morgan fingerprint density at radius 1 is 1.10 bits per heavy atom.